The van der Waals surface area contributed by atoms with Crippen molar-refractivity contribution in [3.8, 4) is 0 Å². The standard InChI is InChI=1S/C19H27N5O2/c1-14-22-16-9-5-6-10-17(16)24(14)12-11-20-18(25)13-21-19(26)23-15-7-3-2-4-8-15/h5-6,9-10,15H,2-4,7-8,11-13H2,1H3,(H,20,25)(H2,21,23,26). The van der Waals surface area contributed by atoms with E-state index in [-0.39, 0.29) is 24.5 Å². The fourth-order valence-electron chi connectivity index (χ4n) is 3.49. The largest absolute Gasteiger partial charge is 0.353 e. The Morgan fingerprint density at radius 1 is 1.15 bits per heavy atom. The summed E-state index contributed by atoms with van der Waals surface area (Å²) in [5, 5.41) is 8.41. The van der Waals surface area contributed by atoms with Gasteiger partial charge in [0.2, 0.25) is 5.91 Å². The summed E-state index contributed by atoms with van der Waals surface area (Å²) in [6, 6.07) is 7.92. The molecule has 26 heavy (non-hydrogen) atoms. The fourth-order valence-corrected chi connectivity index (χ4v) is 3.49. The van der Waals surface area contributed by atoms with Gasteiger partial charge in [-0.3, -0.25) is 4.79 Å². The van der Waals surface area contributed by atoms with E-state index in [1.165, 1.54) is 6.42 Å². The summed E-state index contributed by atoms with van der Waals surface area (Å²) < 4.78 is 2.08. The number of hydrogen-bond acceptors (Lipinski definition) is 3. The van der Waals surface area contributed by atoms with Crippen molar-refractivity contribution in [2.24, 2.45) is 0 Å². The van der Waals surface area contributed by atoms with Gasteiger partial charge in [-0.05, 0) is 31.9 Å². The van der Waals surface area contributed by atoms with Crippen LogP contribution in [-0.4, -0.2) is 40.6 Å². The van der Waals surface area contributed by atoms with Gasteiger partial charge in [0.15, 0.2) is 0 Å². The van der Waals surface area contributed by atoms with E-state index in [1.807, 2.05) is 31.2 Å². The topological polar surface area (TPSA) is 88.1 Å². The lowest BCUT2D eigenvalue weighted by Gasteiger charge is -2.22. The molecule has 3 N–H and O–H groups in total. The lowest BCUT2D eigenvalue weighted by atomic mass is 9.96. The predicted octanol–water partition coefficient (Wildman–Crippen LogP) is 2.09. The van der Waals surface area contributed by atoms with Crippen LogP contribution < -0.4 is 16.0 Å². The summed E-state index contributed by atoms with van der Waals surface area (Å²) in [4.78, 5) is 28.3. The van der Waals surface area contributed by atoms with Crippen LogP contribution in [0.4, 0.5) is 4.79 Å². The molecule has 7 heteroatoms. The number of amides is 3. The Bertz CT molecular complexity index is 764. The molecule has 140 valence electrons. The number of carbonyl (C=O) groups is 2. The number of fused-ring (bicyclic) bond motifs is 1. The number of para-hydroxylation sites is 2. The minimum atomic E-state index is -0.261. The molecule has 0 unspecified atom stereocenters. The van der Waals surface area contributed by atoms with Gasteiger partial charge in [0.1, 0.15) is 5.82 Å². The lowest BCUT2D eigenvalue weighted by Crippen LogP contribution is -2.46. The SMILES string of the molecule is Cc1nc2ccccc2n1CCNC(=O)CNC(=O)NC1CCCCC1. The maximum Gasteiger partial charge on any atom is 0.315 e. The van der Waals surface area contributed by atoms with E-state index < -0.39 is 0 Å². The third kappa shape index (κ3) is 4.74. The van der Waals surface area contributed by atoms with E-state index in [0.29, 0.717) is 13.1 Å². The second-order valence-corrected chi connectivity index (χ2v) is 6.81. The van der Waals surface area contributed by atoms with Crippen LogP contribution in [0, 0.1) is 6.92 Å². The first kappa shape index (κ1) is 18.2. The van der Waals surface area contributed by atoms with Gasteiger partial charge < -0.3 is 20.5 Å². The zero-order valence-electron chi connectivity index (χ0n) is 15.3. The molecule has 0 saturated heterocycles. The van der Waals surface area contributed by atoms with E-state index in [4.69, 9.17) is 0 Å². The van der Waals surface area contributed by atoms with Gasteiger partial charge in [0.25, 0.3) is 0 Å². The summed E-state index contributed by atoms with van der Waals surface area (Å²) in [6.07, 6.45) is 5.62. The highest BCUT2D eigenvalue weighted by Crippen LogP contribution is 2.17. The monoisotopic (exact) mass is 357 g/mol. The number of rotatable bonds is 6. The van der Waals surface area contributed by atoms with Crippen LogP contribution in [0.2, 0.25) is 0 Å². The Labute approximate surface area is 153 Å². The van der Waals surface area contributed by atoms with E-state index in [0.717, 1.165) is 42.5 Å². The first-order valence-electron chi connectivity index (χ1n) is 9.36. The van der Waals surface area contributed by atoms with Gasteiger partial charge in [-0.25, -0.2) is 9.78 Å². The molecule has 1 aliphatic rings. The molecule has 0 radical (unpaired) electrons. The highest BCUT2D eigenvalue weighted by Gasteiger charge is 2.15. The van der Waals surface area contributed by atoms with Crippen LogP contribution in [0.5, 0.6) is 0 Å². The van der Waals surface area contributed by atoms with Crippen molar-refractivity contribution in [3.05, 3.63) is 30.1 Å². The zero-order chi connectivity index (χ0) is 18.4. The molecule has 3 rings (SSSR count). The first-order valence-corrected chi connectivity index (χ1v) is 9.36. The van der Waals surface area contributed by atoms with Gasteiger partial charge in [0.05, 0.1) is 17.6 Å². The van der Waals surface area contributed by atoms with Gasteiger partial charge in [-0.15, -0.1) is 0 Å². The van der Waals surface area contributed by atoms with Crippen molar-refractivity contribution < 1.29 is 9.59 Å². The Morgan fingerprint density at radius 2 is 1.92 bits per heavy atom. The number of hydrogen-bond donors (Lipinski definition) is 3. The van der Waals surface area contributed by atoms with Crippen LogP contribution in [0.1, 0.15) is 37.9 Å². The molecule has 7 nitrogen and oxygen atoms in total. The molecule has 0 spiro atoms. The predicted molar refractivity (Wildman–Crippen MR) is 101 cm³/mol. The summed E-state index contributed by atoms with van der Waals surface area (Å²) in [5.41, 5.74) is 2.02. The Balaban J connectivity index is 1.38. The Kier molecular flexibility index (Phi) is 6.09. The summed E-state index contributed by atoms with van der Waals surface area (Å²) in [7, 11) is 0. The van der Waals surface area contributed by atoms with Crippen molar-refractivity contribution in [2.45, 2.75) is 51.6 Å². The molecule has 0 bridgehead atoms. The summed E-state index contributed by atoms with van der Waals surface area (Å²) in [6.45, 7) is 3.08. The molecular weight excluding hydrogens is 330 g/mol. The van der Waals surface area contributed by atoms with Crippen molar-refractivity contribution in [1.29, 1.82) is 0 Å². The Hall–Kier alpha value is -2.57. The third-order valence-electron chi connectivity index (χ3n) is 4.85. The lowest BCUT2D eigenvalue weighted by molar-refractivity contribution is -0.120. The molecule has 1 aromatic carbocycles. The third-order valence-corrected chi connectivity index (χ3v) is 4.85. The van der Waals surface area contributed by atoms with Crippen molar-refractivity contribution >= 4 is 23.0 Å². The van der Waals surface area contributed by atoms with Gasteiger partial charge >= 0.3 is 6.03 Å². The number of carbonyl (C=O) groups excluding carboxylic acids is 2. The van der Waals surface area contributed by atoms with E-state index in [2.05, 4.69) is 25.5 Å². The number of nitrogens with one attached hydrogen (secondary N) is 3. The van der Waals surface area contributed by atoms with Crippen molar-refractivity contribution in [2.75, 3.05) is 13.1 Å². The molecule has 1 aromatic heterocycles. The highest BCUT2D eigenvalue weighted by atomic mass is 16.2. The second kappa shape index (κ2) is 8.69. The number of urea groups is 1. The molecule has 2 aromatic rings. The average Bonchev–Trinajstić information content (AvgIpc) is 2.96. The smallest absolute Gasteiger partial charge is 0.315 e. The van der Waals surface area contributed by atoms with Gasteiger partial charge in [0, 0.05) is 19.1 Å². The number of benzene rings is 1. The van der Waals surface area contributed by atoms with Gasteiger partial charge in [-0.2, -0.15) is 0 Å². The molecule has 1 fully saturated rings. The quantitative estimate of drug-likeness (QED) is 0.740. The first-order chi connectivity index (χ1) is 12.6. The number of nitrogens with zero attached hydrogens (tertiary/aromatic N) is 2. The molecule has 3 amide bonds. The van der Waals surface area contributed by atoms with Crippen LogP contribution in [-0.2, 0) is 11.3 Å². The number of aromatic nitrogens is 2. The minimum Gasteiger partial charge on any atom is -0.353 e. The van der Waals surface area contributed by atoms with Crippen LogP contribution in [0.25, 0.3) is 11.0 Å². The van der Waals surface area contributed by atoms with Crippen LogP contribution in [0.3, 0.4) is 0 Å². The van der Waals surface area contributed by atoms with E-state index in [9.17, 15) is 9.59 Å². The average molecular weight is 357 g/mol. The van der Waals surface area contributed by atoms with E-state index >= 15 is 0 Å². The molecule has 1 heterocycles. The second-order valence-electron chi connectivity index (χ2n) is 6.81. The maximum absolute atomic E-state index is 11.9. The summed E-state index contributed by atoms with van der Waals surface area (Å²) >= 11 is 0. The molecular formula is C19H27N5O2. The van der Waals surface area contributed by atoms with Crippen molar-refractivity contribution in [1.82, 2.24) is 25.5 Å². The molecule has 1 saturated carbocycles. The van der Waals surface area contributed by atoms with Crippen LogP contribution in [0.15, 0.2) is 24.3 Å². The minimum absolute atomic E-state index is 0.0117. The summed E-state index contributed by atoms with van der Waals surface area (Å²) in [5.74, 6) is 0.733. The zero-order valence-corrected chi connectivity index (χ0v) is 15.3. The maximum atomic E-state index is 11.9. The Morgan fingerprint density at radius 3 is 2.73 bits per heavy atom. The number of aryl methyl sites for hydroxylation is 1. The fraction of sp³-hybridized carbons (Fsp3) is 0.526. The molecule has 0 atom stereocenters. The highest BCUT2D eigenvalue weighted by molar-refractivity contribution is 5.84. The molecule has 1 aliphatic carbocycles. The van der Waals surface area contributed by atoms with Crippen molar-refractivity contribution in [3.63, 3.8) is 0 Å². The number of imidazole rings is 1. The normalized spacial score (nSPS) is 15.0. The van der Waals surface area contributed by atoms with Gasteiger partial charge in [-0.1, -0.05) is 31.4 Å². The van der Waals surface area contributed by atoms with Crippen LogP contribution >= 0.6 is 0 Å². The molecule has 0 aliphatic heterocycles. The van der Waals surface area contributed by atoms with E-state index in [1.54, 1.807) is 0 Å².